The summed E-state index contributed by atoms with van der Waals surface area (Å²) in [5.74, 6) is 0.478. The monoisotopic (exact) mass is 359 g/mol. The van der Waals surface area contributed by atoms with E-state index in [9.17, 15) is 10.1 Å². The molecule has 0 saturated carbocycles. The number of H-pyrrole nitrogens is 1. The van der Waals surface area contributed by atoms with Gasteiger partial charge in [-0.15, -0.1) is 0 Å². The van der Waals surface area contributed by atoms with Crippen molar-refractivity contribution < 1.29 is 4.92 Å². The van der Waals surface area contributed by atoms with Crippen LogP contribution in [0, 0.1) is 14.9 Å². The number of nitro groups is 1. The van der Waals surface area contributed by atoms with E-state index in [1.807, 2.05) is 0 Å². The number of rotatable bonds is 4. The van der Waals surface area contributed by atoms with E-state index in [0.717, 1.165) is 5.56 Å². The highest BCUT2D eigenvalue weighted by molar-refractivity contribution is 7.71. The number of nitrogens with zero attached hydrogens (tertiary/aromatic N) is 4. The van der Waals surface area contributed by atoms with Gasteiger partial charge < -0.3 is 0 Å². The molecule has 3 rings (SSSR count). The molecule has 0 radical (unpaired) electrons. The van der Waals surface area contributed by atoms with Crippen molar-refractivity contribution in [1.82, 2.24) is 14.9 Å². The van der Waals surface area contributed by atoms with E-state index >= 15 is 0 Å². The van der Waals surface area contributed by atoms with Gasteiger partial charge in [0.15, 0.2) is 5.82 Å². The lowest BCUT2D eigenvalue weighted by Gasteiger charge is -2.01. The Morgan fingerprint density at radius 2 is 1.96 bits per heavy atom. The minimum Gasteiger partial charge on any atom is -0.258 e. The van der Waals surface area contributed by atoms with Crippen molar-refractivity contribution in [2.24, 2.45) is 5.10 Å². The number of hydrogen-bond acceptors (Lipinski definition) is 5. The van der Waals surface area contributed by atoms with Crippen LogP contribution >= 0.6 is 23.8 Å². The maximum atomic E-state index is 11.1. The minimum absolute atomic E-state index is 0.0377. The van der Waals surface area contributed by atoms with Gasteiger partial charge in [0.2, 0.25) is 4.77 Å². The van der Waals surface area contributed by atoms with Gasteiger partial charge in [0.25, 0.3) is 5.69 Å². The molecule has 0 spiro atoms. The summed E-state index contributed by atoms with van der Waals surface area (Å²) in [5.41, 5.74) is 1.09. The van der Waals surface area contributed by atoms with Crippen molar-refractivity contribution >= 4 is 35.7 Å². The number of para-hydroxylation sites is 1. The molecular weight excluding hydrogens is 350 g/mol. The molecule has 0 aliphatic heterocycles. The van der Waals surface area contributed by atoms with Crippen LogP contribution in [-0.2, 0) is 0 Å². The molecule has 0 fully saturated rings. The Hall–Kier alpha value is -2.84. The smallest absolute Gasteiger partial charge is 0.258 e. The summed E-state index contributed by atoms with van der Waals surface area (Å²) in [4.78, 5) is 10.6. The third-order valence-electron chi connectivity index (χ3n) is 3.20. The van der Waals surface area contributed by atoms with E-state index in [4.69, 9.17) is 23.8 Å². The van der Waals surface area contributed by atoms with Gasteiger partial charge in [-0.2, -0.15) is 14.9 Å². The molecular formula is C15H10ClN5O2S. The maximum Gasteiger partial charge on any atom is 0.278 e. The molecule has 0 bridgehead atoms. The summed E-state index contributed by atoms with van der Waals surface area (Å²) >= 11 is 11.1. The van der Waals surface area contributed by atoms with Gasteiger partial charge in [-0.1, -0.05) is 23.7 Å². The lowest BCUT2D eigenvalue weighted by Crippen LogP contribution is -1.98. The molecule has 7 nitrogen and oxygen atoms in total. The third kappa shape index (κ3) is 3.24. The normalized spacial score (nSPS) is 11.0. The topological polar surface area (TPSA) is 89.1 Å². The lowest BCUT2D eigenvalue weighted by atomic mass is 10.2. The van der Waals surface area contributed by atoms with E-state index < -0.39 is 4.92 Å². The first-order valence-electron chi connectivity index (χ1n) is 6.77. The molecule has 1 N–H and O–H groups in total. The van der Waals surface area contributed by atoms with Crippen LogP contribution in [0.5, 0.6) is 0 Å². The highest BCUT2D eigenvalue weighted by atomic mass is 35.5. The molecule has 1 aromatic heterocycles. The van der Waals surface area contributed by atoms with Gasteiger partial charge in [0.1, 0.15) is 0 Å². The summed E-state index contributed by atoms with van der Waals surface area (Å²) in [7, 11) is 0. The van der Waals surface area contributed by atoms with Crippen LogP contribution in [0.25, 0.3) is 11.4 Å². The van der Waals surface area contributed by atoms with Gasteiger partial charge in [-0.25, -0.2) is 5.10 Å². The zero-order chi connectivity index (χ0) is 17.1. The van der Waals surface area contributed by atoms with Gasteiger partial charge in [-0.05, 0) is 42.5 Å². The van der Waals surface area contributed by atoms with Crippen molar-refractivity contribution in [2.75, 3.05) is 0 Å². The zero-order valence-corrected chi connectivity index (χ0v) is 13.7. The molecule has 120 valence electrons. The van der Waals surface area contributed by atoms with Crippen molar-refractivity contribution in [2.45, 2.75) is 0 Å². The summed E-state index contributed by atoms with van der Waals surface area (Å²) in [6.45, 7) is 0. The molecule has 3 aromatic rings. The first-order valence-corrected chi connectivity index (χ1v) is 7.56. The Morgan fingerprint density at radius 3 is 2.67 bits per heavy atom. The Balaban J connectivity index is 2.03. The predicted octanol–water partition coefficient (Wildman–Crippen LogP) is 4.05. The quantitative estimate of drug-likeness (QED) is 0.329. The molecule has 0 aliphatic rings. The second kappa shape index (κ2) is 6.73. The maximum absolute atomic E-state index is 11.1. The van der Waals surface area contributed by atoms with Crippen molar-refractivity contribution in [3.05, 3.63) is 74.0 Å². The Morgan fingerprint density at radius 1 is 1.25 bits per heavy atom. The van der Waals surface area contributed by atoms with Crippen LogP contribution in [0.1, 0.15) is 5.56 Å². The average molecular weight is 360 g/mol. The average Bonchev–Trinajstić information content (AvgIpc) is 2.94. The molecule has 9 heteroatoms. The summed E-state index contributed by atoms with van der Waals surface area (Å²) in [6, 6.07) is 13.3. The summed E-state index contributed by atoms with van der Waals surface area (Å²) < 4.78 is 1.67. The lowest BCUT2D eigenvalue weighted by molar-refractivity contribution is -0.385. The third-order valence-corrected chi connectivity index (χ3v) is 3.71. The van der Waals surface area contributed by atoms with Gasteiger partial charge in [0.05, 0.1) is 16.7 Å². The first kappa shape index (κ1) is 16.0. The van der Waals surface area contributed by atoms with Crippen LogP contribution < -0.4 is 0 Å². The SMILES string of the molecule is O=[N+]([O-])c1ccccc1/C=N\n1c(-c2ccc(Cl)cc2)n[nH]c1=S. The van der Waals surface area contributed by atoms with Crippen LogP contribution in [0.3, 0.4) is 0 Å². The van der Waals surface area contributed by atoms with E-state index in [1.54, 1.807) is 42.5 Å². The van der Waals surface area contributed by atoms with Crippen molar-refractivity contribution in [3.63, 3.8) is 0 Å². The number of halogens is 1. The fourth-order valence-electron chi connectivity index (χ4n) is 2.07. The Bertz CT molecular complexity index is 978. The predicted molar refractivity (Wildman–Crippen MR) is 93.9 cm³/mol. The minimum atomic E-state index is -0.462. The number of aromatic nitrogens is 3. The molecule has 1 heterocycles. The molecule has 0 amide bonds. The number of hydrogen-bond donors (Lipinski definition) is 1. The highest BCUT2D eigenvalue weighted by Gasteiger charge is 2.11. The van der Waals surface area contributed by atoms with E-state index in [1.165, 1.54) is 17.0 Å². The van der Waals surface area contributed by atoms with Crippen LogP contribution in [-0.4, -0.2) is 26.0 Å². The second-order valence-electron chi connectivity index (χ2n) is 4.73. The number of nitrogens with one attached hydrogen (secondary N) is 1. The molecule has 24 heavy (non-hydrogen) atoms. The summed E-state index contributed by atoms with van der Waals surface area (Å²) in [5, 5.41) is 22.7. The first-order chi connectivity index (χ1) is 11.6. The fraction of sp³-hybridized carbons (Fsp3) is 0. The fourth-order valence-corrected chi connectivity index (χ4v) is 2.37. The van der Waals surface area contributed by atoms with Crippen molar-refractivity contribution in [3.8, 4) is 11.4 Å². The Labute approximate surface area is 146 Å². The largest absolute Gasteiger partial charge is 0.278 e. The van der Waals surface area contributed by atoms with Gasteiger partial charge >= 0.3 is 0 Å². The number of nitro benzene ring substituents is 1. The standard InChI is InChI=1S/C15H10ClN5O2S/c16-12-7-5-10(6-8-12)14-18-19-15(24)20(14)17-9-11-3-1-2-4-13(11)21(22)23/h1-9H,(H,19,24)/b17-9-. The number of benzene rings is 2. The van der Waals surface area contributed by atoms with Crippen molar-refractivity contribution in [1.29, 1.82) is 0 Å². The highest BCUT2D eigenvalue weighted by Crippen LogP contribution is 2.20. The zero-order valence-electron chi connectivity index (χ0n) is 12.1. The molecule has 0 unspecified atom stereocenters. The van der Waals surface area contributed by atoms with E-state index in [2.05, 4.69) is 15.3 Å². The van der Waals surface area contributed by atoms with Crippen LogP contribution in [0.15, 0.2) is 53.6 Å². The molecule has 0 atom stereocenters. The van der Waals surface area contributed by atoms with E-state index in [-0.39, 0.29) is 10.5 Å². The van der Waals surface area contributed by atoms with E-state index in [0.29, 0.717) is 16.4 Å². The Kier molecular flexibility index (Phi) is 4.50. The molecule has 2 aromatic carbocycles. The van der Waals surface area contributed by atoms with Crippen LogP contribution in [0.4, 0.5) is 5.69 Å². The molecule has 0 aliphatic carbocycles. The van der Waals surface area contributed by atoms with Gasteiger partial charge in [-0.3, -0.25) is 10.1 Å². The second-order valence-corrected chi connectivity index (χ2v) is 5.55. The molecule has 0 saturated heterocycles. The number of aromatic amines is 1. The summed E-state index contributed by atoms with van der Waals surface area (Å²) in [6.07, 6.45) is 1.38. The van der Waals surface area contributed by atoms with Gasteiger partial charge in [0, 0.05) is 16.7 Å². The van der Waals surface area contributed by atoms with Crippen LogP contribution in [0.2, 0.25) is 5.02 Å².